The second kappa shape index (κ2) is 5.32. The fourth-order valence-electron chi connectivity index (χ4n) is 1.56. The van der Waals surface area contributed by atoms with Gasteiger partial charge in [-0.1, -0.05) is 24.6 Å². The quantitative estimate of drug-likeness (QED) is 0.840. The Labute approximate surface area is 103 Å². The summed E-state index contributed by atoms with van der Waals surface area (Å²) in [5.41, 5.74) is 2.14. The van der Waals surface area contributed by atoms with E-state index in [0.29, 0.717) is 12.0 Å². The third-order valence-electron chi connectivity index (χ3n) is 3.18. The molecule has 1 rings (SSSR count). The van der Waals surface area contributed by atoms with Crippen molar-refractivity contribution in [2.45, 2.75) is 39.7 Å². The minimum atomic E-state index is -0.548. The number of aryl methyl sites for hydroxylation is 2. The van der Waals surface area contributed by atoms with Crippen LogP contribution in [0, 0.1) is 13.8 Å². The summed E-state index contributed by atoms with van der Waals surface area (Å²) in [6, 6.07) is 5.79. The van der Waals surface area contributed by atoms with E-state index in [9.17, 15) is 9.90 Å². The van der Waals surface area contributed by atoms with Crippen molar-refractivity contribution < 1.29 is 9.90 Å². The van der Waals surface area contributed by atoms with Gasteiger partial charge < -0.3 is 10.4 Å². The van der Waals surface area contributed by atoms with Crippen LogP contribution in [-0.2, 0) is 0 Å². The van der Waals surface area contributed by atoms with Gasteiger partial charge in [-0.15, -0.1) is 0 Å². The van der Waals surface area contributed by atoms with E-state index >= 15 is 0 Å². The lowest BCUT2D eigenvalue weighted by atomic mass is 9.98. The van der Waals surface area contributed by atoms with Gasteiger partial charge >= 0.3 is 0 Å². The maximum atomic E-state index is 12.1. The number of nitrogens with one attached hydrogen (secondary N) is 1. The molecule has 3 nitrogen and oxygen atoms in total. The Bertz CT molecular complexity index is 409. The fourth-order valence-corrected chi connectivity index (χ4v) is 1.56. The monoisotopic (exact) mass is 235 g/mol. The number of carbonyl (C=O) groups is 1. The van der Waals surface area contributed by atoms with Crippen LogP contribution in [0.15, 0.2) is 18.2 Å². The Balaban J connectivity index is 2.94. The molecule has 1 unspecified atom stereocenters. The maximum Gasteiger partial charge on any atom is 0.252 e. The van der Waals surface area contributed by atoms with Crippen molar-refractivity contribution in [1.82, 2.24) is 5.32 Å². The minimum absolute atomic E-state index is 0.0555. The molecule has 0 bridgehead atoms. The number of hydrogen-bond donors (Lipinski definition) is 2. The van der Waals surface area contributed by atoms with Crippen LogP contribution in [0.4, 0.5) is 0 Å². The topological polar surface area (TPSA) is 49.3 Å². The number of rotatable bonds is 4. The Morgan fingerprint density at radius 3 is 2.59 bits per heavy atom. The highest BCUT2D eigenvalue weighted by Gasteiger charge is 2.24. The molecular formula is C14H21NO2. The van der Waals surface area contributed by atoms with E-state index in [4.69, 9.17) is 0 Å². The number of aliphatic hydroxyl groups excluding tert-OH is 1. The summed E-state index contributed by atoms with van der Waals surface area (Å²) in [7, 11) is 0. The Morgan fingerprint density at radius 1 is 1.41 bits per heavy atom. The van der Waals surface area contributed by atoms with Gasteiger partial charge in [-0.3, -0.25) is 4.79 Å². The lowest BCUT2D eigenvalue weighted by molar-refractivity contribution is 0.0846. The van der Waals surface area contributed by atoms with E-state index < -0.39 is 5.54 Å². The summed E-state index contributed by atoms with van der Waals surface area (Å²) in [6.07, 6.45) is 0.695. The highest BCUT2D eigenvalue weighted by Crippen LogP contribution is 2.14. The summed E-state index contributed by atoms with van der Waals surface area (Å²) in [5, 5.41) is 12.2. The average molecular weight is 235 g/mol. The van der Waals surface area contributed by atoms with Crippen LogP contribution in [0.3, 0.4) is 0 Å². The highest BCUT2D eigenvalue weighted by molar-refractivity contribution is 5.96. The van der Waals surface area contributed by atoms with Gasteiger partial charge in [-0.05, 0) is 38.8 Å². The molecule has 0 aromatic heterocycles. The van der Waals surface area contributed by atoms with Gasteiger partial charge in [0.2, 0.25) is 0 Å². The molecule has 17 heavy (non-hydrogen) atoms. The predicted octanol–water partition coefficient (Wildman–Crippen LogP) is 2.19. The van der Waals surface area contributed by atoms with E-state index in [1.165, 1.54) is 0 Å². The molecule has 0 saturated carbocycles. The molecule has 0 aliphatic carbocycles. The van der Waals surface area contributed by atoms with E-state index in [1.807, 2.05) is 45.9 Å². The van der Waals surface area contributed by atoms with Crippen LogP contribution in [-0.4, -0.2) is 23.2 Å². The number of carbonyl (C=O) groups excluding carboxylic acids is 1. The van der Waals surface area contributed by atoms with Gasteiger partial charge in [0.05, 0.1) is 12.1 Å². The van der Waals surface area contributed by atoms with Crippen molar-refractivity contribution >= 4 is 5.91 Å². The van der Waals surface area contributed by atoms with Crippen molar-refractivity contribution in [1.29, 1.82) is 0 Å². The smallest absolute Gasteiger partial charge is 0.252 e. The zero-order valence-electron chi connectivity index (χ0n) is 11.0. The Morgan fingerprint density at radius 2 is 2.06 bits per heavy atom. The lowest BCUT2D eigenvalue weighted by Crippen LogP contribution is -2.48. The maximum absolute atomic E-state index is 12.1. The molecule has 0 saturated heterocycles. The predicted molar refractivity (Wildman–Crippen MR) is 69.2 cm³/mol. The molecular weight excluding hydrogens is 214 g/mol. The standard InChI is InChI=1S/C14H21NO2/c1-5-14(4,9-16)15-13(17)12-8-10(2)6-7-11(12)3/h6-8,16H,5,9H2,1-4H3,(H,15,17). The first-order valence-electron chi connectivity index (χ1n) is 5.92. The fraction of sp³-hybridized carbons (Fsp3) is 0.500. The summed E-state index contributed by atoms with van der Waals surface area (Å²) in [6.45, 7) is 7.60. The number of aliphatic hydroxyl groups is 1. The molecule has 1 amide bonds. The Kier molecular flexibility index (Phi) is 4.29. The summed E-state index contributed by atoms with van der Waals surface area (Å²) in [4.78, 5) is 12.1. The normalized spacial score (nSPS) is 14.2. The van der Waals surface area contributed by atoms with Gasteiger partial charge in [0, 0.05) is 5.56 Å². The van der Waals surface area contributed by atoms with E-state index in [-0.39, 0.29) is 12.5 Å². The van der Waals surface area contributed by atoms with Crippen molar-refractivity contribution in [2.24, 2.45) is 0 Å². The van der Waals surface area contributed by atoms with E-state index in [2.05, 4.69) is 5.32 Å². The number of hydrogen-bond acceptors (Lipinski definition) is 2. The molecule has 0 heterocycles. The van der Waals surface area contributed by atoms with Crippen LogP contribution >= 0.6 is 0 Å². The average Bonchev–Trinajstić information content (AvgIpc) is 2.32. The Hall–Kier alpha value is -1.35. The zero-order chi connectivity index (χ0) is 13.1. The molecule has 0 aliphatic rings. The minimum Gasteiger partial charge on any atom is -0.394 e. The first kappa shape index (κ1) is 13.7. The molecule has 3 heteroatoms. The van der Waals surface area contributed by atoms with Gasteiger partial charge in [0.1, 0.15) is 0 Å². The van der Waals surface area contributed by atoms with Crippen molar-refractivity contribution in [3.05, 3.63) is 34.9 Å². The van der Waals surface area contributed by atoms with Crippen LogP contribution in [0.25, 0.3) is 0 Å². The van der Waals surface area contributed by atoms with Crippen LogP contribution in [0.1, 0.15) is 41.8 Å². The third-order valence-corrected chi connectivity index (χ3v) is 3.18. The molecule has 0 radical (unpaired) electrons. The van der Waals surface area contributed by atoms with Crippen molar-refractivity contribution in [3.63, 3.8) is 0 Å². The molecule has 94 valence electrons. The second-order valence-electron chi connectivity index (χ2n) is 4.84. The molecule has 0 fully saturated rings. The highest BCUT2D eigenvalue weighted by atomic mass is 16.3. The number of benzene rings is 1. The summed E-state index contributed by atoms with van der Waals surface area (Å²) in [5.74, 6) is -0.121. The van der Waals surface area contributed by atoms with Crippen LogP contribution in [0.5, 0.6) is 0 Å². The largest absolute Gasteiger partial charge is 0.394 e. The van der Waals surface area contributed by atoms with Gasteiger partial charge in [-0.2, -0.15) is 0 Å². The summed E-state index contributed by atoms with van der Waals surface area (Å²) < 4.78 is 0. The summed E-state index contributed by atoms with van der Waals surface area (Å²) >= 11 is 0. The van der Waals surface area contributed by atoms with Crippen molar-refractivity contribution in [2.75, 3.05) is 6.61 Å². The van der Waals surface area contributed by atoms with Gasteiger partial charge in [0.25, 0.3) is 5.91 Å². The van der Waals surface area contributed by atoms with Gasteiger partial charge in [0.15, 0.2) is 0 Å². The molecule has 0 aliphatic heterocycles. The van der Waals surface area contributed by atoms with Gasteiger partial charge in [-0.25, -0.2) is 0 Å². The first-order chi connectivity index (χ1) is 7.91. The number of amides is 1. The van der Waals surface area contributed by atoms with Crippen LogP contribution in [0.2, 0.25) is 0 Å². The zero-order valence-corrected chi connectivity index (χ0v) is 11.0. The molecule has 2 N–H and O–H groups in total. The second-order valence-corrected chi connectivity index (χ2v) is 4.84. The lowest BCUT2D eigenvalue weighted by Gasteiger charge is -2.27. The first-order valence-corrected chi connectivity index (χ1v) is 5.92. The molecule has 1 aromatic rings. The van der Waals surface area contributed by atoms with E-state index in [0.717, 1.165) is 11.1 Å². The van der Waals surface area contributed by atoms with E-state index in [1.54, 1.807) is 0 Å². The SMILES string of the molecule is CCC(C)(CO)NC(=O)c1cc(C)ccc1C. The molecule has 1 atom stereocenters. The van der Waals surface area contributed by atoms with Crippen molar-refractivity contribution in [3.8, 4) is 0 Å². The van der Waals surface area contributed by atoms with Crippen LogP contribution < -0.4 is 5.32 Å². The molecule has 0 spiro atoms. The molecule has 1 aromatic carbocycles. The third kappa shape index (κ3) is 3.30.